The number of hydrogen-bond donors (Lipinski definition) is 0. The van der Waals surface area contributed by atoms with Crippen LogP contribution >= 0.6 is 0 Å². The van der Waals surface area contributed by atoms with E-state index < -0.39 is 0 Å². The zero-order valence-electron chi connectivity index (χ0n) is 17.9. The van der Waals surface area contributed by atoms with Gasteiger partial charge in [-0.3, -0.25) is 4.79 Å². The van der Waals surface area contributed by atoms with Crippen molar-refractivity contribution in [2.75, 3.05) is 20.8 Å². The van der Waals surface area contributed by atoms with Crippen LogP contribution in [0.5, 0.6) is 11.5 Å². The average molecular weight is 419 g/mol. The monoisotopic (exact) mass is 419 g/mol. The van der Waals surface area contributed by atoms with Crippen LogP contribution in [0.2, 0.25) is 0 Å². The normalized spacial score (nSPS) is 16.1. The third-order valence-corrected chi connectivity index (χ3v) is 5.36. The molecule has 1 amide bonds. The summed E-state index contributed by atoms with van der Waals surface area (Å²) in [5, 5.41) is 4.13. The highest BCUT2D eigenvalue weighted by molar-refractivity contribution is 5.92. The number of hydrogen-bond acceptors (Lipinski definition) is 6. The van der Waals surface area contributed by atoms with Crippen LogP contribution < -0.4 is 9.47 Å². The molecule has 0 spiro atoms. The number of aromatic nitrogens is 2. The molecule has 2 heterocycles. The van der Waals surface area contributed by atoms with Crippen LogP contribution in [0.1, 0.15) is 35.9 Å². The van der Waals surface area contributed by atoms with Gasteiger partial charge in [-0.15, -0.1) is 0 Å². The minimum atomic E-state index is -0.214. The molecule has 7 nitrogen and oxygen atoms in total. The zero-order valence-corrected chi connectivity index (χ0v) is 17.9. The quantitative estimate of drug-likeness (QED) is 0.550. The maximum absolute atomic E-state index is 12.9. The van der Waals surface area contributed by atoms with E-state index >= 15 is 0 Å². The summed E-state index contributed by atoms with van der Waals surface area (Å²) >= 11 is 0. The van der Waals surface area contributed by atoms with E-state index in [0.29, 0.717) is 29.8 Å². The van der Waals surface area contributed by atoms with E-state index in [9.17, 15) is 4.79 Å². The number of carbonyl (C=O) groups is 1. The minimum absolute atomic E-state index is 0.0902. The van der Waals surface area contributed by atoms with Crippen LogP contribution in [0.15, 0.2) is 53.1 Å². The largest absolute Gasteiger partial charge is 0.493 e. The van der Waals surface area contributed by atoms with Gasteiger partial charge in [0, 0.05) is 18.2 Å². The fraction of sp³-hybridized carbons (Fsp3) is 0.292. The third kappa shape index (κ3) is 4.45. The second-order valence-corrected chi connectivity index (χ2v) is 7.46. The lowest BCUT2D eigenvalue weighted by Crippen LogP contribution is -2.29. The van der Waals surface area contributed by atoms with Crippen LogP contribution in [0.25, 0.3) is 17.5 Å². The van der Waals surface area contributed by atoms with E-state index in [1.54, 1.807) is 31.3 Å². The number of nitrogens with zero attached hydrogens (tertiary/aromatic N) is 3. The summed E-state index contributed by atoms with van der Waals surface area (Å²) in [5.41, 5.74) is 2.88. The topological polar surface area (TPSA) is 77.7 Å². The molecule has 1 aliphatic rings. The van der Waals surface area contributed by atoms with E-state index in [2.05, 4.69) is 10.1 Å². The lowest BCUT2D eigenvalue weighted by molar-refractivity contribution is -0.127. The second-order valence-electron chi connectivity index (χ2n) is 7.46. The van der Waals surface area contributed by atoms with Crippen LogP contribution in [-0.4, -0.2) is 41.7 Å². The Morgan fingerprint density at radius 3 is 2.77 bits per heavy atom. The summed E-state index contributed by atoms with van der Waals surface area (Å²) in [6.07, 6.45) is 5.03. The number of rotatable bonds is 6. The van der Waals surface area contributed by atoms with Gasteiger partial charge >= 0.3 is 0 Å². The van der Waals surface area contributed by atoms with E-state index in [1.807, 2.05) is 49.4 Å². The molecule has 0 unspecified atom stereocenters. The van der Waals surface area contributed by atoms with Crippen LogP contribution in [0, 0.1) is 6.92 Å². The highest BCUT2D eigenvalue weighted by Gasteiger charge is 2.33. The fourth-order valence-corrected chi connectivity index (χ4v) is 3.78. The summed E-state index contributed by atoms with van der Waals surface area (Å²) in [5.74, 6) is 2.19. The van der Waals surface area contributed by atoms with Crippen molar-refractivity contribution in [3.63, 3.8) is 0 Å². The van der Waals surface area contributed by atoms with Gasteiger partial charge in [0.25, 0.3) is 0 Å². The SMILES string of the molecule is COc1ccc(/C=C/C(=O)N2CCC[C@H]2c2nc(-c3cccc(C)c3)no2)cc1OC. The molecule has 1 fully saturated rings. The number of benzene rings is 2. The first-order chi connectivity index (χ1) is 15.1. The van der Waals surface area contributed by atoms with Gasteiger partial charge in [0.05, 0.1) is 14.2 Å². The molecule has 160 valence electrons. The van der Waals surface area contributed by atoms with E-state index in [4.69, 9.17) is 14.0 Å². The first-order valence-electron chi connectivity index (χ1n) is 10.2. The molecule has 3 aromatic rings. The Morgan fingerprint density at radius 1 is 1.16 bits per heavy atom. The van der Waals surface area contributed by atoms with Crippen LogP contribution in [0.3, 0.4) is 0 Å². The van der Waals surface area contributed by atoms with Crippen molar-refractivity contribution >= 4 is 12.0 Å². The Balaban J connectivity index is 1.50. The number of carbonyl (C=O) groups excluding carboxylic acids is 1. The second kappa shape index (κ2) is 9.04. The van der Waals surface area contributed by atoms with Gasteiger partial charge in [-0.2, -0.15) is 4.98 Å². The summed E-state index contributed by atoms with van der Waals surface area (Å²) in [4.78, 5) is 19.2. The van der Waals surface area contributed by atoms with Gasteiger partial charge in [0.2, 0.25) is 17.6 Å². The Labute approximate surface area is 181 Å². The third-order valence-electron chi connectivity index (χ3n) is 5.36. The molecule has 1 atom stereocenters. The number of likely N-dealkylation sites (tertiary alicyclic amines) is 1. The maximum Gasteiger partial charge on any atom is 0.249 e. The molecule has 1 saturated heterocycles. The van der Waals surface area contributed by atoms with E-state index in [-0.39, 0.29) is 11.9 Å². The number of methoxy groups -OCH3 is 2. The minimum Gasteiger partial charge on any atom is -0.493 e. The first kappa shape index (κ1) is 20.7. The van der Waals surface area contributed by atoms with E-state index in [1.165, 1.54) is 0 Å². The van der Waals surface area contributed by atoms with Gasteiger partial charge in [-0.05, 0) is 49.6 Å². The molecule has 2 aromatic carbocycles. The first-order valence-corrected chi connectivity index (χ1v) is 10.2. The fourth-order valence-electron chi connectivity index (χ4n) is 3.78. The summed E-state index contributed by atoms with van der Waals surface area (Å²) in [7, 11) is 3.17. The summed E-state index contributed by atoms with van der Waals surface area (Å²) in [6.45, 7) is 2.68. The molecule has 7 heteroatoms. The van der Waals surface area contributed by atoms with Crippen molar-refractivity contribution in [1.82, 2.24) is 15.0 Å². The molecule has 0 radical (unpaired) electrons. The summed E-state index contributed by atoms with van der Waals surface area (Å²) < 4.78 is 16.1. The molecule has 0 aliphatic carbocycles. The predicted molar refractivity (Wildman–Crippen MR) is 117 cm³/mol. The molecule has 31 heavy (non-hydrogen) atoms. The van der Waals surface area contributed by atoms with E-state index in [0.717, 1.165) is 29.5 Å². The number of aryl methyl sites for hydroxylation is 1. The lowest BCUT2D eigenvalue weighted by atomic mass is 10.1. The number of ether oxygens (including phenoxy) is 2. The standard InChI is InChI=1S/C24H25N3O4/c1-16-6-4-7-18(14-16)23-25-24(31-26-23)19-8-5-13-27(19)22(28)12-10-17-9-11-20(29-2)21(15-17)30-3/h4,6-7,9-12,14-15,19H,5,8,13H2,1-3H3/b12-10+/t19-/m0/s1. The van der Waals surface area contributed by atoms with Crippen molar-refractivity contribution in [2.45, 2.75) is 25.8 Å². The van der Waals surface area contributed by atoms with Crippen LogP contribution in [0.4, 0.5) is 0 Å². The van der Waals surface area contributed by atoms with Crippen molar-refractivity contribution in [2.24, 2.45) is 0 Å². The lowest BCUT2D eigenvalue weighted by Gasteiger charge is -2.20. The molecule has 1 aliphatic heterocycles. The van der Waals surface area contributed by atoms with Crippen molar-refractivity contribution in [3.8, 4) is 22.9 Å². The highest BCUT2D eigenvalue weighted by Crippen LogP contribution is 2.33. The number of amides is 1. The van der Waals surface area contributed by atoms with Crippen molar-refractivity contribution in [1.29, 1.82) is 0 Å². The van der Waals surface area contributed by atoms with Gasteiger partial charge < -0.3 is 18.9 Å². The Kier molecular flexibility index (Phi) is 6.02. The molecule has 0 N–H and O–H groups in total. The Hall–Kier alpha value is -3.61. The average Bonchev–Trinajstić information content (AvgIpc) is 3.47. The Bertz CT molecular complexity index is 1110. The Morgan fingerprint density at radius 2 is 2.00 bits per heavy atom. The molecular formula is C24H25N3O4. The van der Waals surface area contributed by atoms with Crippen molar-refractivity contribution in [3.05, 3.63) is 65.6 Å². The van der Waals surface area contributed by atoms with Crippen LogP contribution in [-0.2, 0) is 4.79 Å². The molecule has 1 aromatic heterocycles. The molecule has 0 saturated carbocycles. The highest BCUT2D eigenvalue weighted by atomic mass is 16.5. The summed E-state index contributed by atoms with van der Waals surface area (Å²) in [6, 6.07) is 13.2. The predicted octanol–water partition coefficient (Wildman–Crippen LogP) is 4.44. The van der Waals surface area contributed by atoms with Gasteiger partial charge in [-0.1, -0.05) is 35.0 Å². The molecule has 4 rings (SSSR count). The molecular weight excluding hydrogens is 394 g/mol. The molecule has 0 bridgehead atoms. The van der Waals surface area contributed by atoms with Crippen molar-refractivity contribution < 1.29 is 18.8 Å². The maximum atomic E-state index is 12.9. The smallest absolute Gasteiger partial charge is 0.249 e. The van der Waals surface area contributed by atoms with Gasteiger partial charge in [0.15, 0.2) is 11.5 Å². The van der Waals surface area contributed by atoms with Gasteiger partial charge in [0.1, 0.15) is 6.04 Å². The van der Waals surface area contributed by atoms with Gasteiger partial charge in [-0.25, -0.2) is 0 Å². The zero-order chi connectivity index (χ0) is 21.8.